The summed E-state index contributed by atoms with van der Waals surface area (Å²) in [5.74, 6) is 0.347. The average molecular weight is 288 g/mol. The lowest BCUT2D eigenvalue weighted by molar-refractivity contribution is -0.121. The highest BCUT2D eigenvalue weighted by Crippen LogP contribution is 2.22. The second kappa shape index (κ2) is 6.59. The Morgan fingerprint density at radius 3 is 3.05 bits per heavy atom. The molecule has 21 heavy (non-hydrogen) atoms. The zero-order valence-electron chi connectivity index (χ0n) is 12.4. The molecule has 1 heterocycles. The molecule has 0 saturated carbocycles. The monoisotopic (exact) mass is 288 g/mol. The first-order valence-corrected chi connectivity index (χ1v) is 7.08. The van der Waals surface area contributed by atoms with Crippen LogP contribution in [-0.2, 0) is 9.53 Å². The Kier molecular flexibility index (Phi) is 4.81. The van der Waals surface area contributed by atoms with Crippen molar-refractivity contribution in [1.82, 2.24) is 0 Å². The Balaban J connectivity index is 1.94. The Morgan fingerprint density at radius 1 is 1.57 bits per heavy atom. The molecule has 1 aromatic carbocycles. The molecule has 1 aliphatic rings. The number of carbonyl (C=O) groups is 1. The summed E-state index contributed by atoms with van der Waals surface area (Å²) >= 11 is 0. The van der Waals surface area contributed by atoms with Crippen LogP contribution in [0.1, 0.15) is 26.7 Å². The van der Waals surface area contributed by atoms with Crippen LogP contribution in [0, 0.1) is 16.7 Å². The first kappa shape index (κ1) is 15.3. The topological polar surface area (TPSA) is 71.4 Å². The lowest BCUT2D eigenvalue weighted by atomic mass is 9.94. The summed E-state index contributed by atoms with van der Waals surface area (Å²) in [6.45, 7) is 4.48. The van der Waals surface area contributed by atoms with E-state index in [4.69, 9.17) is 14.7 Å². The van der Waals surface area contributed by atoms with Crippen molar-refractivity contribution < 1.29 is 14.3 Å². The maximum atomic E-state index is 11.9. The van der Waals surface area contributed by atoms with Gasteiger partial charge in [-0.2, -0.15) is 5.26 Å². The van der Waals surface area contributed by atoms with Crippen molar-refractivity contribution in [2.24, 2.45) is 5.41 Å². The lowest BCUT2D eigenvalue weighted by Crippen LogP contribution is -2.29. The van der Waals surface area contributed by atoms with Crippen molar-refractivity contribution >= 4 is 11.6 Å². The minimum atomic E-state index is -1.06. The van der Waals surface area contributed by atoms with E-state index >= 15 is 0 Å². The number of rotatable bonds is 5. The van der Waals surface area contributed by atoms with Gasteiger partial charge in [0.25, 0.3) is 0 Å². The van der Waals surface area contributed by atoms with Gasteiger partial charge in [-0.3, -0.25) is 4.79 Å². The average Bonchev–Trinajstić information content (AvgIpc) is 2.99. The van der Waals surface area contributed by atoms with Crippen molar-refractivity contribution in [1.29, 1.82) is 5.26 Å². The first-order valence-electron chi connectivity index (χ1n) is 7.08. The van der Waals surface area contributed by atoms with E-state index in [1.54, 1.807) is 32.0 Å². The molecule has 1 saturated heterocycles. The molecule has 112 valence electrons. The van der Waals surface area contributed by atoms with Crippen LogP contribution in [0.5, 0.6) is 5.75 Å². The molecule has 1 amide bonds. The van der Waals surface area contributed by atoms with Gasteiger partial charge in [-0.1, -0.05) is 6.07 Å². The van der Waals surface area contributed by atoms with E-state index in [-0.39, 0.29) is 12.0 Å². The third kappa shape index (κ3) is 4.20. The fraction of sp³-hybridized carbons (Fsp3) is 0.500. The Labute approximate surface area is 124 Å². The van der Waals surface area contributed by atoms with E-state index in [1.165, 1.54) is 0 Å². The number of anilines is 1. The predicted molar refractivity (Wildman–Crippen MR) is 78.9 cm³/mol. The fourth-order valence-corrected chi connectivity index (χ4v) is 1.97. The standard InChI is InChI=1S/C16H20N2O3/c1-16(2,11-17)15(19)18-12-5-3-6-13(9-12)21-10-14-7-4-8-20-14/h3,5-6,9,14H,4,7-8,10H2,1-2H3,(H,18,19)/t14-/m0/s1. The number of hydrogen-bond acceptors (Lipinski definition) is 4. The molecule has 0 radical (unpaired) electrons. The summed E-state index contributed by atoms with van der Waals surface area (Å²) in [4.78, 5) is 11.9. The van der Waals surface area contributed by atoms with Crippen LogP contribution in [0.2, 0.25) is 0 Å². The molecule has 5 heteroatoms. The second-order valence-electron chi connectivity index (χ2n) is 5.66. The minimum absolute atomic E-state index is 0.153. The molecule has 1 fully saturated rings. The maximum Gasteiger partial charge on any atom is 0.244 e. The van der Waals surface area contributed by atoms with Gasteiger partial charge in [0.2, 0.25) is 5.91 Å². The zero-order chi connectivity index (χ0) is 15.3. The van der Waals surface area contributed by atoms with Gasteiger partial charge in [0.1, 0.15) is 17.8 Å². The normalized spacial score (nSPS) is 18.0. The van der Waals surface area contributed by atoms with Crippen molar-refractivity contribution in [3.8, 4) is 11.8 Å². The SMILES string of the molecule is CC(C)(C#N)C(=O)Nc1cccc(OC[C@@H]2CCCO2)c1. The van der Waals surface area contributed by atoms with Gasteiger partial charge in [-0.25, -0.2) is 0 Å². The second-order valence-corrected chi connectivity index (χ2v) is 5.66. The molecule has 0 bridgehead atoms. The Morgan fingerprint density at radius 2 is 2.38 bits per heavy atom. The number of carbonyl (C=O) groups excluding carboxylic acids is 1. The summed E-state index contributed by atoms with van der Waals surface area (Å²) in [5, 5.41) is 11.7. The Bertz CT molecular complexity index is 543. The zero-order valence-corrected chi connectivity index (χ0v) is 12.4. The van der Waals surface area contributed by atoms with Crippen LogP contribution in [-0.4, -0.2) is 25.2 Å². The number of ether oxygens (including phenoxy) is 2. The van der Waals surface area contributed by atoms with Crippen LogP contribution in [0.4, 0.5) is 5.69 Å². The molecule has 0 aliphatic carbocycles. The van der Waals surface area contributed by atoms with Gasteiger partial charge in [-0.15, -0.1) is 0 Å². The third-order valence-electron chi connectivity index (χ3n) is 3.40. The quantitative estimate of drug-likeness (QED) is 0.904. The first-order chi connectivity index (χ1) is 10.0. The fourth-order valence-electron chi connectivity index (χ4n) is 1.97. The predicted octanol–water partition coefficient (Wildman–Crippen LogP) is 2.73. The van der Waals surface area contributed by atoms with Gasteiger partial charge in [0, 0.05) is 18.4 Å². The van der Waals surface area contributed by atoms with E-state index in [9.17, 15) is 4.79 Å². The summed E-state index contributed by atoms with van der Waals surface area (Å²) in [6, 6.07) is 9.14. The highest BCUT2D eigenvalue weighted by Gasteiger charge is 2.27. The van der Waals surface area contributed by atoms with E-state index in [2.05, 4.69) is 5.32 Å². The maximum absolute atomic E-state index is 11.9. The van der Waals surface area contributed by atoms with Crippen molar-refractivity contribution in [2.45, 2.75) is 32.8 Å². The van der Waals surface area contributed by atoms with E-state index in [0.717, 1.165) is 19.4 Å². The number of nitriles is 1. The molecule has 2 rings (SSSR count). The smallest absolute Gasteiger partial charge is 0.244 e. The molecule has 1 atom stereocenters. The molecule has 1 aliphatic heterocycles. The molecule has 0 aromatic heterocycles. The third-order valence-corrected chi connectivity index (χ3v) is 3.40. The van der Waals surface area contributed by atoms with E-state index in [1.807, 2.05) is 12.1 Å². The largest absolute Gasteiger partial charge is 0.491 e. The van der Waals surface area contributed by atoms with Gasteiger partial charge in [-0.05, 0) is 38.8 Å². The molecule has 1 aromatic rings. The number of nitrogens with zero attached hydrogens (tertiary/aromatic N) is 1. The summed E-state index contributed by atoms with van der Waals surface area (Å²) in [5.41, 5.74) is -0.442. The molecular formula is C16H20N2O3. The number of nitrogens with one attached hydrogen (secondary N) is 1. The summed E-state index contributed by atoms with van der Waals surface area (Å²) in [6.07, 6.45) is 2.25. The van der Waals surface area contributed by atoms with Crippen LogP contribution >= 0.6 is 0 Å². The highest BCUT2D eigenvalue weighted by molar-refractivity contribution is 5.96. The number of benzene rings is 1. The summed E-state index contributed by atoms with van der Waals surface area (Å²) in [7, 11) is 0. The van der Waals surface area contributed by atoms with E-state index < -0.39 is 5.41 Å². The number of amides is 1. The van der Waals surface area contributed by atoms with Gasteiger partial charge < -0.3 is 14.8 Å². The van der Waals surface area contributed by atoms with Crippen molar-refractivity contribution in [2.75, 3.05) is 18.5 Å². The van der Waals surface area contributed by atoms with Crippen molar-refractivity contribution in [3.05, 3.63) is 24.3 Å². The molecular weight excluding hydrogens is 268 g/mol. The minimum Gasteiger partial charge on any atom is -0.491 e. The highest BCUT2D eigenvalue weighted by atomic mass is 16.5. The Hall–Kier alpha value is -2.06. The van der Waals surface area contributed by atoms with Crippen LogP contribution in [0.15, 0.2) is 24.3 Å². The van der Waals surface area contributed by atoms with Crippen LogP contribution in [0.25, 0.3) is 0 Å². The van der Waals surface area contributed by atoms with Crippen LogP contribution in [0.3, 0.4) is 0 Å². The van der Waals surface area contributed by atoms with Gasteiger partial charge in [0.15, 0.2) is 0 Å². The number of hydrogen-bond donors (Lipinski definition) is 1. The van der Waals surface area contributed by atoms with Crippen molar-refractivity contribution in [3.63, 3.8) is 0 Å². The lowest BCUT2D eigenvalue weighted by Gasteiger charge is -2.16. The van der Waals surface area contributed by atoms with Gasteiger partial charge >= 0.3 is 0 Å². The van der Waals surface area contributed by atoms with Gasteiger partial charge in [0.05, 0.1) is 12.2 Å². The van der Waals surface area contributed by atoms with E-state index in [0.29, 0.717) is 18.0 Å². The molecule has 5 nitrogen and oxygen atoms in total. The molecule has 0 unspecified atom stereocenters. The molecule has 1 N–H and O–H groups in total. The molecule has 0 spiro atoms. The summed E-state index contributed by atoms with van der Waals surface area (Å²) < 4.78 is 11.2. The van der Waals surface area contributed by atoms with Crippen LogP contribution < -0.4 is 10.1 Å².